The van der Waals surface area contributed by atoms with Crippen LogP contribution in [-0.4, -0.2) is 33.7 Å². The molecular weight excluding hydrogens is 308 g/mol. The van der Waals surface area contributed by atoms with Crippen LogP contribution in [0.2, 0.25) is 0 Å². The van der Waals surface area contributed by atoms with Crippen LogP contribution in [0.15, 0.2) is 22.8 Å². The van der Waals surface area contributed by atoms with E-state index in [9.17, 15) is 4.79 Å². The van der Waals surface area contributed by atoms with E-state index in [1.165, 1.54) is 0 Å². The highest BCUT2D eigenvalue weighted by Crippen LogP contribution is 2.30. The van der Waals surface area contributed by atoms with Crippen molar-refractivity contribution in [2.75, 3.05) is 6.54 Å². The second-order valence-electron chi connectivity index (χ2n) is 5.97. The number of aromatic amines is 1. The zero-order chi connectivity index (χ0) is 17.1. The maximum absolute atomic E-state index is 13.0. The van der Waals surface area contributed by atoms with E-state index in [4.69, 9.17) is 14.4 Å². The molecule has 0 fully saturated rings. The minimum absolute atomic E-state index is 0.0364. The number of furan rings is 1. The molecule has 0 aliphatic carbocycles. The first-order chi connectivity index (χ1) is 11.6. The van der Waals surface area contributed by atoms with Gasteiger partial charge in [-0.15, -0.1) is 0 Å². The van der Waals surface area contributed by atoms with Crippen molar-refractivity contribution in [3.05, 3.63) is 41.1 Å². The van der Waals surface area contributed by atoms with Crippen molar-refractivity contribution < 1.29 is 13.9 Å². The number of carbonyl (C=O) groups excluding carboxylic acids is 1. The zero-order valence-electron chi connectivity index (χ0n) is 13.8. The average Bonchev–Trinajstić information content (AvgIpc) is 3.20. The van der Waals surface area contributed by atoms with Gasteiger partial charge in [-0.3, -0.25) is 9.89 Å². The second-order valence-corrected chi connectivity index (χ2v) is 5.97. The smallest absolute Gasteiger partial charge is 0.275 e. The number of aromatic nitrogens is 2. The monoisotopic (exact) mass is 328 g/mol. The van der Waals surface area contributed by atoms with E-state index in [1.807, 2.05) is 19.9 Å². The highest BCUT2D eigenvalue weighted by Gasteiger charge is 2.31. The van der Waals surface area contributed by atoms with Gasteiger partial charge < -0.3 is 14.1 Å². The van der Waals surface area contributed by atoms with Gasteiger partial charge in [-0.05, 0) is 26.0 Å². The van der Waals surface area contributed by atoms with Crippen molar-refractivity contribution in [2.45, 2.75) is 45.4 Å². The van der Waals surface area contributed by atoms with Gasteiger partial charge in [0.1, 0.15) is 5.76 Å². The Morgan fingerprint density at radius 3 is 3.08 bits per heavy atom. The first-order valence-corrected chi connectivity index (χ1v) is 8.01. The molecule has 126 valence electrons. The molecule has 2 atom stereocenters. The number of nitrogens with one attached hydrogen (secondary N) is 1. The van der Waals surface area contributed by atoms with Crippen molar-refractivity contribution in [2.24, 2.45) is 0 Å². The summed E-state index contributed by atoms with van der Waals surface area (Å²) < 4.78 is 11.1. The molecule has 0 aromatic carbocycles. The molecule has 1 N–H and O–H groups in total. The lowest BCUT2D eigenvalue weighted by Gasteiger charge is -2.26. The predicted molar refractivity (Wildman–Crippen MR) is 84.9 cm³/mol. The number of rotatable bonds is 5. The van der Waals surface area contributed by atoms with Crippen LogP contribution in [0.3, 0.4) is 0 Å². The molecule has 0 radical (unpaired) electrons. The van der Waals surface area contributed by atoms with Crippen molar-refractivity contribution in [3.8, 4) is 6.07 Å². The molecule has 7 nitrogen and oxygen atoms in total. The Labute approximate surface area is 140 Å². The molecule has 0 spiro atoms. The van der Waals surface area contributed by atoms with Gasteiger partial charge in [0.05, 0.1) is 43.2 Å². The van der Waals surface area contributed by atoms with Crippen LogP contribution in [0.25, 0.3) is 0 Å². The van der Waals surface area contributed by atoms with Gasteiger partial charge in [-0.2, -0.15) is 10.4 Å². The summed E-state index contributed by atoms with van der Waals surface area (Å²) in [4.78, 5) is 14.6. The van der Waals surface area contributed by atoms with Crippen LogP contribution in [0.4, 0.5) is 0 Å². The molecule has 1 aliphatic heterocycles. The van der Waals surface area contributed by atoms with Gasteiger partial charge >= 0.3 is 0 Å². The number of hydrogen-bond donors (Lipinski definition) is 1. The van der Waals surface area contributed by atoms with Crippen LogP contribution >= 0.6 is 0 Å². The molecule has 7 heteroatoms. The summed E-state index contributed by atoms with van der Waals surface area (Å²) in [5, 5.41) is 16.0. The molecule has 1 aliphatic rings. The molecular formula is C17H20N4O3. The summed E-state index contributed by atoms with van der Waals surface area (Å²) in [6.07, 6.45) is 2.39. The summed E-state index contributed by atoms with van der Waals surface area (Å²) in [5.41, 5.74) is 2.18. The minimum atomic E-state index is -0.194. The maximum Gasteiger partial charge on any atom is 0.275 e. The molecule has 24 heavy (non-hydrogen) atoms. The topological polar surface area (TPSA) is 95.1 Å². The Morgan fingerprint density at radius 1 is 1.54 bits per heavy atom. The third-order valence-electron chi connectivity index (χ3n) is 4.14. The zero-order valence-corrected chi connectivity index (χ0v) is 13.8. The number of nitriles is 1. The van der Waals surface area contributed by atoms with E-state index in [0.29, 0.717) is 31.0 Å². The number of carbonyl (C=O) groups is 1. The fourth-order valence-corrected chi connectivity index (χ4v) is 3.03. The Kier molecular flexibility index (Phi) is 4.67. The molecule has 3 rings (SSSR count). The van der Waals surface area contributed by atoms with Gasteiger partial charge in [0.2, 0.25) is 0 Å². The Hall–Kier alpha value is -2.59. The summed E-state index contributed by atoms with van der Waals surface area (Å²) in [6.45, 7) is 4.57. The normalized spacial score (nSPS) is 19.5. The van der Waals surface area contributed by atoms with Crippen LogP contribution in [0, 0.1) is 11.3 Å². The number of fused-ring (bicyclic) bond motifs is 1. The van der Waals surface area contributed by atoms with Crippen LogP contribution in [-0.2, 0) is 17.7 Å². The van der Waals surface area contributed by atoms with Crippen LogP contribution in [0.1, 0.15) is 53.9 Å². The number of hydrogen-bond acceptors (Lipinski definition) is 5. The van der Waals surface area contributed by atoms with Crippen molar-refractivity contribution in [1.29, 1.82) is 5.26 Å². The van der Waals surface area contributed by atoms with E-state index in [0.717, 1.165) is 11.3 Å². The predicted octanol–water partition coefficient (Wildman–Crippen LogP) is 2.58. The Morgan fingerprint density at radius 2 is 2.38 bits per heavy atom. The fraction of sp³-hybridized carbons (Fsp3) is 0.471. The number of H-pyrrole nitrogens is 1. The lowest BCUT2D eigenvalue weighted by Crippen LogP contribution is -2.33. The fourth-order valence-electron chi connectivity index (χ4n) is 3.03. The van der Waals surface area contributed by atoms with Gasteiger partial charge in [-0.1, -0.05) is 0 Å². The Balaban J connectivity index is 1.86. The van der Waals surface area contributed by atoms with Crippen molar-refractivity contribution in [1.82, 2.24) is 15.1 Å². The molecule has 2 aromatic heterocycles. The number of nitrogens with zero attached hydrogens (tertiary/aromatic N) is 3. The van der Waals surface area contributed by atoms with E-state index < -0.39 is 0 Å². The third kappa shape index (κ3) is 3.19. The van der Waals surface area contributed by atoms with E-state index in [1.54, 1.807) is 17.2 Å². The van der Waals surface area contributed by atoms with Gasteiger partial charge in [0.15, 0.2) is 5.69 Å². The minimum Gasteiger partial charge on any atom is -0.467 e. The molecule has 2 aromatic rings. The molecule has 3 heterocycles. The van der Waals surface area contributed by atoms with Gasteiger partial charge in [0, 0.05) is 18.5 Å². The SMILES string of the molecule is C[C@@H]1Cc2c(C(=O)N(CCC#N)Cc3ccco3)n[nH]c2[C@H](C)O1. The summed E-state index contributed by atoms with van der Waals surface area (Å²) in [6, 6.07) is 5.67. The van der Waals surface area contributed by atoms with Crippen LogP contribution in [0.5, 0.6) is 0 Å². The number of ether oxygens (including phenoxy) is 1. The van der Waals surface area contributed by atoms with Crippen molar-refractivity contribution in [3.63, 3.8) is 0 Å². The summed E-state index contributed by atoms with van der Waals surface area (Å²) in [7, 11) is 0. The summed E-state index contributed by atoms with van der Waals surface area (Å²) >= 11 is 0. The highest BCUT2D eigenvalue weighted by atomic mass is 16.5. The van der Waals surface area contributed by atoms with Gasteiger partial charge in [0.25, 0.3) is 5.91 Å². The molecule has 1 amide bonds. The Bertz CT molecular complexity index is 744. The molecule has 0 bridgehead atoms. The lowest BCUT2D eigenvalue weighted by atomic mass is 9.99. The standard InChI is InChI=1S/C17H20N4O3/c1-11-9-14-15(12(2)24-11)19-20-16(14)17(22)21(7-4-6-18)10-13-5-3-8-23-13/h3,5,8,11-12H,4,7,9-10H2,1-2H3,(H,19,20)/t11-,12+/m1/s1. The van der Waals surface area contributed by atoms with Gasteiger partial charge in [-0.25, -0.2) is 0 Å². The van der Waals surface area contributed by atoms with Crippen molar-refractivity contribution >= 4 is 5.91 Å². The lowest BCUT2D eigenvalue weighted by molar-refractivity contribution is -0.00702. The molecule has 0 saturated heterocycles. The molecule has 0 saturated carbocycles. The van der Waals surface area contributed by atoms with E-state index in [2.05, 4.69) is 16.3 Å². The summed E-state index contributed by atoms with van der Waals surface area (Å²) in [5.74, 6) is 0.483. The second kappa shape index (κ2) is 6.89. The first-order valence-electron chi connectivity index (χ1n) is 8.01. The van der Waals surface area contributed by atoms with E-state index in [-0.39, 0.29) is 24.5 Å². The van der Waals surface area contributed by atoms with E-state index >= 15 is 0 Å². The van der Waals surface area contributed by atoms with Crippen LogP contribution < -0.4 is 0 Å². The average molecular weight is 328 g/mol. The largest absolute Gasteiger partial charge is 0.467 e. The quantitative estimate of drug-likeness (QED) is 0.910. The highest BCUT2D eigenvalue weighted by molar-refractivity contribution is 5.94. The maximum atomic E-state index is 13.0. The first kappa shape index (κ1) is 16.3. The number of amides is 1. The molecule has 0 unspecified atom stereocenters. The third-order valence-corrected chi connectivity index (χ3v) is 4.14.